The molecule has 0 bridgehead atoms. The molecule has 0 aliphatic carbocycles. The fourth-order valence-electron chi connectivity index (χ4n) is 3.09. The Bertz CT molecular complexity index is 941. The standard InChI is InChI=1S/C20H14O3/c21-15-11-14-6-2-4-8-17(14)20(22)23-19-10-9-13-5-1-3-7-16(13)18(19)12-15/h1-10H,11-12H2. The Morgan fingerprint density at radius 1 is 0.783 bits per heavy atom. The average molecular weight is 302 g/mol. The van der Waals surface area contributed by atoms with Crippen molar-refractivity contribution in [2.24, 2.45) is 0 Å². The summed E-state index contributed by atoms with van der Waals surface area (Å²) in [5.41, 5.74) is 1.97. The molecule has 0 radical (unpaired) electrons. The van der Waals surface area contributed by atoms with Crippen molar-refractivity contribution in [2.75, 3.05) is 0 Å². The van der Waals surface area contributed by atoms with Crippen molar-refractivity contribution in [3.63, 3.8) is 0 Å². The van der Waals surface area contributed by atoms with Gasteiger partial charge in [-0.15, -0.1) is 0 Å². The SMILES string of the molecule is O=C1Cc2ccccc2C(=O)Oc2ccc3ccccc3c2C1. The number of Topliss-reactive ketones (excluding diaryl/α,β-unsaturated/α-hetero) is 1. The maximum absolute atomic E-state index is 12.5. The molecule has 0 atom stereocenters. The molecule has 0 fully saturated rings. The van der Waals surface area contributed by atoms with Gasteiger partial charge in [-0.1, -0.05) is 48.5 Å². The van der Waals surface area contributed by atoms with Crippen molar-refractivity contribution in [1.29, 1.82) is 0 Å². The number of ketones is 1. The van der Waals surface area contributed by atoms with E-state index >= 15 is 0 Å². The molecule has 1 aliphatic heterocycles. The third kappa shape index (κ3) is 2.40. The van der Waals surface area contributed by atoms with E-state index in [4.69, 9.17) is 4.74 Å². The number of fused-ring (bicyclic) bond motifs is 4. The second kappa shape index (κ2) is 5.36. The minimum absolute atomic E-state index is 0.0772. The van der Waals surface area contributed by atoms with Gasteiger partial charge >= 0.3 is 5.97 Å². The van der Waals surface area contributed by atoms with E-state index in [-0.39, 0.29) is 18.6 Å². The second-order valence-corrected chi connectivity index (χ2v) is 5.70. The van der Waals surface area contributed by atoms with Crippen LogP contribution >= 0.6 is 0 Å². The summed E-state index contributed by atoms with van der Waals surface area (Å²) < 4.78 is 5.61. The van der Waals surface area contributed by atoms with Crippen LogP contribution in [0, 0.1) is 0 Å². The Balaban J connectivity index is 1.91. The number of esters is 1. The minimum Gasteiger partial charge on any atom is -0.423 e. The Kier molecular flexibility index (Phi) is 3.19. The van der Waals surface area contributed by atoms with Crippen LogP contribution in [0.3, 0.4) is 0 Å². The van der Waals surface area contributed by atoms with Crippen molar-refractivity contribution in [3.8, 4) is 5.75 Å². The number of carbonyl (C=O) groups excluding carboxylic acids is 2. The summed E-state index contributed by atoms with van der Waals surface area (Å²) in [5.74, 6) is 0.138. The van der Waals surface area contributed by atoms with Gasteiger partial charge in [0.1, 0.15) is 11.5 Å². The molecule has 0 N–H and O–H groups in total. The normalized spacial score (nSPS) is 14.3. The highest BCUT2D eigenvalue weighted by atomic mass is 16.5. The summed E-state index contributed by atoms with van der Waals surface area (Å²) in [5, 5.41) is 1.99. The topological polar surface area (TPSA) is 43.4 Å². The van der Waals surface area contributed by atoms with Crippen molar-refractivity contribution >= 4 is 22.5 Å². The van der Waals surface area contributed by atoms with E-state index in [1.54, 1.807) is 18.2 Å². The Hall–Kier alpha value is -2.94. The first-order chi connectivity index (χ1) is 11.2. The lowest BCUT2D eigenvalue weighted by Crippen LogP contribution is -2.11. The van der Waals surface area contributed by atoms with E-state index in [0.29, 0.717) is 11.3 Å². The molecule has 1 aliphatic rings. The van der Waals surface area contributed by atoms with Crippen molar-refractivity contribution < 1.29 is 14.3 Å². The zero-order valence-corrected chi connectivity index (χ0v) is 12.4. The maximum Gasteiger partial charge on any atom is 0.343 e. The quantitative estimate of drug-likeness (QED) is 0.469. The summed E-state index contributed by atoms with van der Waals surface area (Å²) >= 11 is 0. The first-order valence-corrected chi connectivity index (χ1v) is 7.55. The number of ether oxygens (including phenoxy) is 1. The van der Waals surface area contributed by atoms with Crippen LogP contribution in [0.4, 0.5) is 0 Å². The fourth-order valence-corrected chi connectivity index (χ4v) is 3.09. The number of hydrogen-bond donors (Lipinski definition) is 0. The highest BCUT2D eigenvalue weighted by molar-refractivity contribution is 5.99. The van der Waals surface area contributed by atoms with Crippen LogP contribution in [-0.4, -0.2) is 11.8 Å². The molecule has 1 heterocycles. The maximum atomic E-state index is 12.5. The second-order valence-electron chi connectivity index (χ2n) is 5.70. The van der Waals surface area contributed by atoms with Crippen molar-refractivity contribution in [3.05, 3.63) is 77.4 Å². The van der Waals surface area contributed by atoms with Gasteiger partial charge in [0.2, 0.25) is 0 Å². The molecule has 3 aromatic carbocycles. The van der Waals surface area contributed by atoms with E-state index < -0.39 is 5.97 Å². The van der Waals surface area contributed by atoms with Crippen molar-refractivity contribution in [2.45, 2.75) is 12.8 Å². The number of hydrogen-bond acceptors (Lipinski definition) is 3. The zero-order chi connectivity index (χ0) is 15.8. The molecule has 3 nitrogen and oxygen atoms in total. The molecular formula is C20H14O3. The van der Waals surface area contributed by atoms with Crippen LogP contribution < -0.4 is 4.74 Å². The molecule has 23 heavy (non-hydrogen) atoms. The van der Waals surface area contributed by atoms with Crippen LogP contribution in [0.5, 0.6) is 5.75 Å². The van der Waals surface area contributed by atoms with E-state index in [9.17, 15) is 9.59 Å². The molecule has 112 valence electrons. The van der Waals surface area contributed by atoms with E-state index in [1.807, 2.05) is 42.5 Å². The molecule has 0 unspecified atom stereocenters. The highest BCUT2D eigenvalue weighted by Crippen LogP contribution is 2.31. The van der Waals surface area contributed by atoms with Gasteiger partial charge in [0.05, 0.1) is 5.56 Å². The largest absolute Gasteiger partial charge is 0.423 e. The lowest BCUT2D eigenvalue weighted by Gasteiger charge is -2.11. The summed E-state index contributed by atoms with van der Waals surface area (Å²) in [6, 6.07) is 18.6. The zero-order valence-electron chi connectivity index (χ0n) is 12.4. The predicted octanol–water partition coefficient (Wildman–Crippen LogP) is 3.73. The van der Waals surface area contributed by atoms with Crippen LogP contribution in [0.25, 0.3) is 10.8 Å². The van der Waals surface area contributed by atoms with Gasteiger partial charge < -0.3 is 4.74 Å². The lowest BCUT2D eigenvalue weighted by molar-refractivity contribution is -0.117. The molecule has 0 amide bonds. The lowest BCUT2D eigenvalue weighted by atomic mass is 9.96. The summed E-state index contributed by atoms with van der Waals surface area (Å²) in [6.45, 7) is 0. The smallest absolute Gasteiger partial charge is 0.343 e. The Morgan fingerprint density at radius 2 is 1.57 bits per heavy atom. The van der Waals surface area contributed by atoms with Gasteiger partial charge in [-0.25, -0.2) is 4.79 Å². The number of rotatable bonds is 0. The third-order valence-electron chi connectivity index (χ3n) is 4.20. The van der Waals surface area contributed by atoms with Gasteiger partial charge in [-0.3, -0.25) is 4.79 Å². The molecule has 3 aromatic rings. The predicted molar refractivity (Wildman–Crippen MR) is 87.8 cm³/mol. The van der Waals surface area contributed by atoms with Crippen LogP contribution in [0.15, 0.2) is 60.7 Å². The van der Waals surface area contributed by atoms with E-state index in [2.05, 4.69) is 0 Å². The Labute approximate surface area is 133 Å². The molecule has 3 heteroatoms. The van der Waals surface area contributed by atoms with Gasteiger partial charge in [0.25, 0.3) is 0 Å². The first kappa shape index (κ1) is 13.7. The third-order valence-corrected chi connectivity index (χ3v) is 4.20. The molecular weight excluding hydrogens is 288 g/mol. The monoisotopic (exact) mass is 302 g/mol. The molecule has 0 spiro atoms. The number of carbonyl (C=O) groups is 2. The minimum atomic E-state index is -0.410. The first-order valence-electron chi connectivity index (χ1n) is 7.55. The van der Waals surface area contributed by atoms with Gasteiger partial charge in [0, 0.05) is 18.4 Å². The fraction of sp³-hybridized carbons (Fsp3) is 0.100. The average Bonchev–Trinajstić information content (AvgIpc) is 2.61. The number of benzene rings is 3. The molecule has 0 saturated carbocycles. The van der Waals surface area contributed by atoms with E-state index in [1.165, 1.54) is 0 Å². The summed E-state index contributed by atoms with van der Waals surface area (Å²) in [7, 11) is 0. The van der Waals surface area contributed by atoms with Crippen LogP contribution in [0.2, 0.25) is 0 Å². The van der Waals surface area contributed by atoms with Crippen molar-refractivity contribution in [1.82, 2.24) is 0 Å². The van der Waals surface area contributed by atoms with E-state index in [0.717, 1.165) is 21.9 Å². The van der Waals surface area contributed by atoms with Crippen LogP contribution in [-0.2, 0) is 17.6 Å². The van der Waals surface area contributed by atoms with Gasteiger partial charge in [0.15, 0.2) is 0 Å². The Morgan fingerprint density at radius 3 is 2.48 bits per heavy atom. The summed E-state index contributed by atoms with van der Waals surface area (Å²) in [6.07, 6.45) is 0.506. The van der Waals surface area contributed by atoms with Gasteiger partial charge in [-0.05, 0) is 28.5 Å². The molecule has 0 saturated heterocycles. The van der Waals surface area contributed by atoms with Gasteiger partial charge in [-0.2, -0.15) is 0 Å². The van der Waals surface area contributed by atoms with Crippen LogP contribution in [0.1, 0.15) is 21.5 Å². The molecule has 0 aromatic heterocycles. The highest BCUT2D eigenvalue weighted by Gasteiger charge is 2.22. The molecule has 4 rings (SSSR count). The summed E-state index contributed by atoms with van der Waals surface area (Å²) in [4.78, 5) is 25.0.